The lowest BCUT2D eigenvalue weighted by Crippen LogP contribution is -2.43. The largest absolute Gasteiger partial charge is 0.420 e. The van der Waals surface area contributed by atoms with E-state index in [-0.39, 0.29) is 23.1 Å². The van der Waals surface area contributed by atoms with E-state index >= 15 is 4.39 Å². The van der Waals surface area contributed by atoms with E-state index in [1.165, 1.54) is 18.2 Å². The average molecular weight is 497 g/mol. The summed E-state index contributed by atoms with van der Waals surface area (Å²) in [7, 11) is 0. The number of benzene rings is 1. The minimum absolute atomic E-state index is 0.0212. The molecule has 0 bridgehead atoms. The fourth-order valence-corrected chi connectivity index (χ4v) is 5.85. The molecule has 10 heteroatoms. The maximum Gasteiger partial charge on any atom is 0.420 e. The summed E-state index contributed by atoms with van der Waals surface area (Å²) in [6.45, 7) is 4.48. The Morgan fingerprint density at radius 2 is 1.77 bits per heavy atom. The molecule has 1 aromatic heterocycles. The molecule has 1 aliphatic carbocycles. The number of alkyl halides is 4. The second-order valence-corrected chi connectivity index (χ2v) is 10.2. The van der Waals surface area contributed by atoms with Gasteiger partial charge in [-0.3, -0.25) is 4.90 Å². The fourth-order valence-electron chi connectivity index (χ4n) is 5.85. The quantitative estimate of drug-likeness (QED) is 0.573. The number of hydrogen-bond acceptors (Lipinski definition) is 5. The molecule has 5 nitrogen and oxygen atoms in total. The first-order valence-corrected chi connectivity index (χ1v) is 12.1. The molecule has 2 atom stereocenters. The minimum atomic E-state index is -4.64. The zero-order valence-corrected chi connectivity index (χ0v) is 19.5. The monoisotopic (exact) mass is 496 g/mol. The van der Waals surface area contributed by atoms with Gasteiger partial charge in [-0.2, -0.15) is 13.2 Å². The number of aryl methyl sites for hydroxylation is 1. The molecule has 2 unspecified atom stereocenters. The van der Waals surface area contributed by atoms with E-state index in [4.69, 9.17) is 4.74 Å². The Kier molecular flexibility index (Phi) is 6.46. The number of hydrogen-bond donors (Lipinski definition) is 1. The molecule has 3 heterocycles. The standard InChI is InChI=1S/C25H29F5N4O/c1-15-2-3-18(26)10-20(15)22-11-21(25(28,29)30)23(33-32-22)31-19-8-16-12-34(13-17(16)9-19)14-24(27)4-6-35-7-5-24/h2-3,10-11,16-17,19H,4-9,12-14H2,1H3,(H,31,33). The Morgan fingerprint density at radius 3 is 2.43 bits per heavy atom. The molecule has 35 heavy (non-hydrogen) atoms. The Labute approximate surface area is 201 Å². The van der Waals surface area contributed by atoms with Crippen molar-refractivity contribution < 1.29 is 26.7 Å². The molecule has 0 spiro atoms. The summed E-state index contributed by atoms with van der Waals surface area (Å²) < 4.78 is 75.7. The highest BCUT2D eigenvalue weighted by Gasteiger charge is 2.45. The minimum Gasteiger partial charge on any atom is -0.381 e. The van der Waals surface area contributed by atoms with Gasteiger partial charge >= 0.3 is 6.18 Å². The number of likely N-dealkylation sites (tertiary alicyclic amines) is 1. The van der Waals surface area contributed by atoms with Gasteiger partial charge in [0.1, 0.15) is 17.0 Å². The highest BCUT2D eigenvalue weighted by atomic mass is 19.4. The van der Waals surface area contributed by atoms with Crippen LogP contribution in [0.3, 0.4) is 0 Å². The van der Waals surface area contributed by atoms with Crippen molar-refractivity contribution in [1.82, 2.24) is 15.1 Å². The summed E-state index contributed by atoms with van der Waals surface area (Å²) in [5.41, 5.74) is -1.26. The summed E-state index contributed by atoms with van der Waals surface area (Å²) in [5, 5.41) is 10.8. The number of nitrogens with zero attached hydrogens (tertiary/aromatic N) is 3. The molecule has 2 aliphatic heterocycles. The molecule has 3 aliphatic rings. The van der Waals surface area contributed by atoms with Gasteiger partial charge in [0.2, 0.25) is 0 Å². The molecule has 1 aromatic carbocycles. The van der Waals surface area contributed by atoms with Crippen molar-refractivity contribution in [3.8, 4) is 11.3 Å². The van der Waals surface area contributed by atoms with Crippen molar-refractivity contribution in [1.29, 1.82) is 0 Å². The molecule has 2 saturated heterocycles. The van der Waals surface area contributed by atoms with E-state index < -0.39 is 23.2 Å². The molecule has 5 rings (SSSR count). The number of nitrogens with one attached hydrogen (secondary N) is 1. The third-order valence-corrected chi connectivity index (χ3v) is 7.64. The second-order valence-electron chi connectivity index (χ2n) is 10.2. The van der Waals surface area contributed by atoms with Crippen molar-refractivity contribution in [2.24, 2.45) is 11.8 Å². The maximum atomic E-state index is 15.0. The molecule has 0 radical (unpaired) electrons. The van der Waals surface area contributed by atoms with Crippen molar-refractivity contribution in [2.75, 3.05) is 38.2 Å². The maximum absolute atomic E-state index is 15.0. The molecule has 1 N–H and O–H groups in total. The van der Waals surface area contributed by atoms with Crippen LogP contribution < -0.4 is 5.32 Å². The number of anilines is 1. The van der Waals surface area contributed by atoms with Gasteiger partial charge in [-0.15, -0.1) is 10.2 Å². The molecule has 1 saturated carbocycles. The summed E-state index contributed by atoms with van der Waals surface area (Å²) >= 11 is 0. The first-order chi connectivity index (χ1) is 16.6. The Morgan fingerprint density at radius 1 is 1.09 bits per heavy atom. The number of rotatable bonds is 5. The van der Waals surface area contributed by atoms with Crippen LogP contribution in [0.2, 0.25) is 0 Å². The molecule has 0 amide bonds. The Bertz CT molecular complexity index is 1060. The lowest BCUT2D eigenvalue weighted by atomic mass is 9.96. The number of ether oxygens (including phenoxy) is 1. The molecule has 2 aromatic rings. The SMILES string of the molecule is Cc1ccc(F)cc1-c1cc(C(F)(F)F)c(NC2CC3CN(CC4(F)CCOCC4)CC3C2)nn1. The van der Waals surface area contributed by atoms with Gasteiger partial charge < -0.3 is 10.1 Å². The van der Waals surface area contributed by atoms with Crippen molar-refractivity contribution in [3.05, 3.63) is 41.2 Å². The number of halogens is 5. The smallest absolute Gasteiger partial charge is 0.381 e. The van der Waals surface area contributed by atoms with Crippen molar-refractivity contribution in [2.45, 2.75) is 50.5 Å². The third kappa shape index (κ3) is 5.28. The fraction of sp³-hybridized carbons (Fsp3) is 0.600. The third-order valence-electron chi connectivity index (χ3n) is 7.64. The van der Waals surface area contributed by atoms with Gasteiger partial charge in [-0.05, 0) is 55.4 Å². The van der Waals surface area contributed by atoms with Gasteiger partial charge in [-0.25, -0.2) is 8.78 Å². The van der Waals surface area contributed by atoms with E-state index in [0.717, 1.165) is 19.2 Å². The van der Waals surface area contributed by atoms with Gasteiger partial charge in [0.25, 0.3) is 0 Å². The van der Waals surface area contributed by atoms with Crippen LogP contribution in [0.5, 0.6) is 0 Å². The average Bonchev–Trinajstić information content (AvgIpc) is 3.33. The Balaban J connectivity index is 1.27. The van der Waals surface area contributed by atoms with Crippen molar-refractivity contribution >= 4 is 5.82 Å². The summed E-state index contributed by atoms with van der Waals surface area (Å²) in [6.07, 6.45) is -2.42. The zero-order valence-electron chi connectivity index (χ0n) is 19.5. The topological polar surface area (TPSA) is 50.3 Å². The van der Waals surface area contributed by atoms with Crippen LogP contribution in [-0.4, -0.2) is 59.7 Å². The van der Waals surface area contributed by atoms with E-state index in [0.29, 0.717) is 62.8 Å². The second kappa shape index (κ2) is 9.28. The molecular weight excluding hydrogens is 467 g/mol. The van der Waals surface area contributed by atoms with E-state index in [2.05, 4.69) is 20.4 Å². The summed E-state index contributed by atoms with van der Waals surface area (Å²) in [5.74, 6) is -0.229. The van der Waals surface area contributed by atoms with Gasteiger partial charge in [0, 0.05) is 57.3 Å². The molecular formula is C25H29F5N4O. The predicted octanol–water partition coefficient (Wildman–Crippen LogP) is 5.25. The number of fused-ring (bicyclic) bond motifs is 1. The molecule has 3 fully saturated rings. The highest BCUT2D eigenvalue weighted by molar-refractivity contribution is 5.65. The van der Waals surface area contributed by atoms with Crippen molar-refractivity contribution in [3.63, 3.8) is 0 Å². The zero-order chi connectivity index (χ0) is 24.8. The molecule has 190 valence electrons. The summed E-state index contributed by atoms with van der Waals surface area (Å²) in [6, 6.07) is 4.69. The lowest BCUT2D eigenvalue weighted by molar-refractivity contribution is -0.137. The van der Waals surface area contributed by atoms with Crippen LogP contribution in [0.4, 0.5) is 27.8 Å². The predicted molar refractivity (Wildman–Crippen MR) is 121 cm³/mol. The van der Waals surface area contributed by atoms with Gasteiger partial charge in [-0.1, -0.05) is 6.07 Å². The van der Waals surface area contributed by atoms with Crippen LogP contribution in [0.15, 0.2) is 24.3 Å². The first-order valence-electron chi connectivity index (χ1n) is 12.1. The lowest BCUT2D eigenvalue weighted by Gasteiger charge is -2.33. The van der Waals surface area contributed by atoms with E-state index in [9.17, 15) is 17.6 Å². The van der Waals surface area contributed by atoms with Crippen LogP contribution in [0, 0.1) is 24.6 Å². The van der Waals surface area contributed by atoms with Gasteiger partial charge in [0.05, 0.1) is 5.69 Å². The van der Waals surface area contributed by atoms with Crippen LogP contribution in [0.1, 0.15) is 36.8 Å². The van der Waals surface area contributed by atoms with E-state index in [1.807, 2.05) is 0 Å². The number of aromatic nitrogens is 2. The highest BCUT2D eigenvalue weighted by Crippen LogP contribution is 2.42. The van der Waals surface area contributed by atoms with E-state index in [1.54, 1.807) is 6.92 Å². The summed E-state index contributed by atoms with van der Waals surface area (Å²) in [4.78, 5) is 2.16. The van der Waals surface area contributed by atoms with Crippen LogP contribution in [-0.2, 0) is 10.9 Å². The first kappa shape index (κ1) is 24.4. The normalized spacial score (nSPS) is 26.6. The van der Waals surface area contributed by atoms with Crippen LogP contribution >= 0.6 is 0 Å². The van der Waals surface area contributed by atoms with Crippen LogP contribution in [0.25, 0.3) is 11.3 Å². The Hall–Kier alpha value is -2.33. The van der Waals surface area contributed by atoms with Gasteiger partial charge in [0.15, 0.2) is 5.82 Å².